The van der Waals surface area contributed by atoms with Gasteiger partial charge < -0.3 is 10.6 Å². The van der Waals surface area contributed by atoms with Gasteiger partial charge in [0.2, 0.25) is 5.91 Å². The van der Waals surface area contributed by atoms with Crippen LogP contribution in [0.1, 0.15) is 6.92 Å². The minimum Gasteiger partial charge on any atom is -0.325 e. The highest BCUT2D eigenvalue weighted by Gasteiger charge is 2.39. The van der Waals surface area contributed by atoms with E-state index < -0.39 is 0 Å². The fourth-order valence-electron chi connectivity index (χ4n) is 3.14. The fourth-order valence-corrected chi connectivity index (χ4v) is 3.14. The summed E-state index contributed by atoms with van der Waals surface area (Å²) in [5.74, 6) is 1.55. The van der Waals surface area contributed by atoms with E-state index in [1.165, 1.54) is 0 Å². The van der Waals surface area contributed by atoms with Crippen LogP contribution >= 0.6 is 0 Å². The minimum absolute atomic E-state index is 0.0502. The van der Waals surface area contributed by atoms with Crippen LogP contribution in [-0.4, -0.2) is 43.0 Å². The first-order chi connectivity index (χ1) is 9.24. The number of hydrogen-bond acceptors (Lipinski definition) is 3. The van der Waals surface area contributed by atoms with Crippen molar-refractivity contribution in [3.63, 3.8) is 0 Å². The number of fused-ring (bicyclic) bond motifs is 1. The van der Waals surface area contributed by atoms with Gasteiger partial charge in [0.1, 0.15) is 0 Å². The first-order valence-electron chi connectivity index (χ1n) is 7.04. The van der Waals surface area contributed by atoms with E-state index in [0.717, 1.165) is 43.7 Å². The Kier molecular flexibility index (Phi) is 3.53. The molecule has 2 saturated heterocycles. The van der Waals surface area contributed by atoms with E-state index >= 15 is 0 Å². The van der Waals surface area contributed by atoms with Crippen molar-refractivity contribution in [3.8, 4) is 0 Å². The number of carbonyl (C=O) groups excluding carboxylic acids is 1. The summed E-state index contributed by atoms with van der Waals surface area (Å²) in [5.41, 5.74) is 0.875. The maximum atomic E-state index is 12.3. The van der Waals surface area contributed by atoms with Gasteiger partial charge in [-0.25, -0.2) is 0 Å². The van der Waals surface area contributed by atoms with Crippen LogP contribution in [0.3, 0.4) is 0 Å². The molecule has 19 heavy (non-hydrogen) atoms. The average Bonchev–Trinajstić information content (AvgIpc) is 2.99. The summed E-state index contributed by atoms with van der Waals surface area (Å²) in [5, 5.41) is 6.41. The molecular weight excluding hydrogens is 238 g/mol. The molecule has 2 heterocycles. The summed E-state index contributed by atoms with van der Waals surface area (Å²) < 4.78 is 0. The molecule has 0 bridgehead atoms. The lowest BCUT2D eigenvalue weighted by Crippen LogP contribution is -2.42. The van der Waals surface area contributed by atoms with Gasteiger partial charge in [0.15, 0.2) is 0 Å². The van der Waals surface area contributed by atoms with Gasteiger partial charge in [0.05, 0.1) is 6.04 Å². The van der Waals surface area contributed by atoms with Gasteiger partial charge in [-0.2, -0.15) is 0 Å². The van der Waals surface area contributed by atoms with E-state index in [9.17, 15) is 4.79 Å². The molecule has 4 nitrogen and oxygen atoms in total. The Labute approximate surface area is 114 Å². The van der Waals surface area contributed by atoms with Crippen molar-refractivity contribution in [2.24, 2.45) is 11.8 Å². The number of anilines is 1. The smallest absolute Gasteiger partial charge is 0.241 e. The first-order valence-corrected chi connectivity index (χ1v) is 7.04. The van der Waals surface area contributed by atoms with Crippen molar-refractivity contribution in [3.05, 3.63) is 30.3 Å². The van der Waals surface area contributed by atoms with Crippen LogP contribution in [0.2, 0.25) is 0 Å². The third-order valence-corrected chi connectivity index (χ3v) is 4.39. The standard InChI is InChI=1S/C15H21N3O/c1-11(15(19)17-14-5-3-2-4-6-14)18-9-12-7-16-8-13(12)10-18/h2-6,11-13,16H,7-10H2,1H3,(H,17,19). The van der Waals surface area contributed by atoms with E-state index in [1.807, 2.05) is 37.3 Å². The number of carbonyl (C=O) groups is 1. The summed E-state index contributed by atoms with van der Waals surface area (Å²) >= 11 is 0. The number of rotatable bonds is 3. The summed E-state index contributed by atoms with van der Waals surface area (Å²) in [7, 11) is 0. The number of para-hydroxylation sites is 1. The number of hydrogen-bond donors (Lipinski definition) is 2. The number of amides is 1. The summed E-state index contributed by atoms with van der Waals surface area (Å²) in [4.78, 5) is 14.6. The highest BCUT2D eigenvalue weighted by Crippen LogP contribution is 2.27. The predicted molar refractivity (Wildman–Crippen MR) is 76.0 cm³/mol. The Hall–Kier alpha value is -1.39. The molecule has 2 aliphatic heterocycles. The molecule has 0 spiro atoms. The maximum Gasteiger partial charge on any atom is 0.241 e. The third-order valence-electron chi connectivity index (χ3n) is 4.39. The molecule has 2 N–H and O–H groups in total. The molecule has 0 radical (unpaired) electrons. The van der Waals surface area contributed by atoms with Crippen molar-refractivity contribution in [2.75, 3.05) is 31.5 Å². The van der Waals surface area contributed by atoms with E-state index in [2.05, 4.69) is 15.5 Å². The van der Waals surface area contributed by atoms with E-state index in [-0.39, 0.29) is 11.9 Å². The van der Waals surface area contributed by atoms with Gasteiger partial charge in [0.25, 0.3) is 0 Å². The lowest BCUT2D eigenvalue weighted by molar-refractivity contribution is -0.120. The Bertz CT molecular complexity index is 436. The second kappa shape index (κ2) is 5.31. The molecule has 1 aromatic rings. The molecule has 3 unspecified atom stereocenters. The molecule has 0 aromatic heterocycles. The van der Waals surface area contributed by atoms with Crippen molar-refractivity contribution in [2.45, 2.75) is 13.0 Å². The van der Waals surface area contributed by atoms with Crippen LogP contribution in [0.4, 0.5) is 5.69 Å². The summed E-state index contributed by atoms with van der Waals surface area (Å²) in [6.45, 7) is 6.30. The monoisotopic (exact) mass is 259 g/mol. The maximum absolute atomic E-state index is 12.3. The van der Waals surface area contributed by atoms with Gasteiger partial charge >= 0.3 is 0 Å². The average molecular weight is 259 g/mol. The number of likely N-dealkylation sites (tertiary alicyclic amines) is 1. The summed E-state index contributed by atoms with van der Waals surface area (Å²) in [6.07, 6.45) is 0. The van der Waals surface area contributed by atoms with Crippen molar-refractivity contribution < 1.29 is 4.79 Å². The van der Waals surface area contributed by atoms with Crippen molar-refractivity contribution in [1.82, 2.24) is 10.2 Å². The zero-order chi connectivity index (χ0) is 13.2. The quantitative estimate of drug-likeness (QED) is 0.856. The lowest BCUT2D eigenvalue weighted by atomic mass is 10.0. The van der Waals surface area contributed by atoms with E-state index in [4.69, 9.17) is 0 Å². The molecule has 3 atom stereocenters. The molecule has 1 aromatic carbocycles. The van der Waals surface area contributed by atoms with Crippen LogP contribution in [0, 0.1) is 11.8 Å². The Balaban J connectivity index is 1.58. The fraction of sp³-hybridized carbons (Fsp3) is 0.533. The van der Waals surface area contributed by atoms with Crippen molar-refractivity contribution >= 4 is 11.6 Å². The topological polar surface area (TPSA) is 44.4 Å². The zero-order valence-electron chi connectivity index (χ0n) is 11.3. The Morgan fingerprint density at radius 3 is 2.53 bits per heavy atom. The van der Waals surface area contributed by atoms with Gasteiger partial charge in [-0.15, -0.1) is 0 Å². The summed E-state index contributed by atoms with van der Waals surface area (Å²) in [6, 6.07) is 9.62. The molecule has 0 aliphatic carbocycles. The van der Waals surface area contributed by atoms with Crippen LogP contribution in [-0.2, 0) is 4.79 Å². The van der Waals surface area contributed by atoms with Gasteiger partial charge in [-0.05, 0) is 44.0 Å². The van der Waals surface area contributed by atoms with Crippen LogP contribution in [0.15, 0.2) is 30.3 Å². The zero-order valence-corrected chi connectivity index (χ0v) is 11.3. The number of nitrogens with one attached hydrogen (secondary N) is 2. The molecule has 2 aliphatic rings. The van der Waals surface area contributed by atoms with Crippen molar-refractivity contribution in [1.29, 1.82) is 0 Å². The highest BCUT2D eigenvalue weighted by molar-refractivity contribution is 5.94. The molecule has 3 rings (SSSR count). The molecule has 4 heteroatoms. The van der Waals surface area contributed by atoms with Crippen LogP contribution in [0.5, 0.6) is 0 Å². The van der Waals surface area contributed by atoms with E-state index in [0.29, 0.717) is 0 Å². The minimum atomic E-state index is -0.0502. The number of benzene rings is 1. The first kappa shape index (κ1) is 12.6. The molecule has 0 saturated carbocycles. The van der Waals surface area contributed by atoms with Gasteiger partial charge in [0, 0.05) is 18.8 Å². The predicted octanol–water partition coefficient (Wildman–Crippen LogP) is 1.16. The third kappa shape index (κ3) is 2.65. The number of nitrogens with zero attached hydrogens (tertiary/aromatic N) is 1. The van der Waals surface area contributed by atoms with Gasteiger partial charge in [-0.1, -0.05) is 18.2 Å². The van der Waals surface area contributed by atoms with Crippen LogP contribution < -0.4 is 10.6 Å². The Morgan fingerprint density at radius 1 is 1.26 bits per heavy atom. The second-order valence-corrected chi connectivity index (χ2v) is 5.66. The van der Waals surface area contributed by atoms with Gasteiger partial charge in [-0.3, -0.25) is 9.69 Å². The highest BCUT2D eigenvalue weighted by atomic mass is 16.2. The molecular formula is C15H21N3O. The molecule has 1 amide bonds. The van der Waals surface area contributed by atoms with Crippen LogP contribution in [0.25, 0.3) is 0 Å². The lowest BCUT2D eigenvalue weighted by Gasteiger charge is -2.24. The largest absolute Gasteiger partial charge is 0.325 e. The normalized spacial score (nSPS) is 28.1. The molecule has 102 valence electrons. The van der Waals surface area contributed by atoms with E-state index in [1.54, 1.807) is 0 Å². The molecule has 2 fully saturated rings. The SMILES string of the molecule is CC(C(=O)Nc1ccccc1)N1CC2CNCC2C1. The Morgan fingerprint density at radius 2 is 1.89 bits per heavy atom. The second-order valence-electron chi connectivity index (χ2n) is 5.66.